The van der Waals surface area contributed by atoms with Gasteiger partial charge >= 0.3 is 5.97 Å². The van der Waals surface area contributed by atoms with E-state index >= 15 is 0 Å². The number of hydrogen-bond donors (Lipinski definition) is 1. The Balaban J connectivity index is 2.09. The van der Waals surface area contributed by atoms with E-state index in [1.165, 1.54) is 14.2 Å². The number of esters is 1. The first-order chi connectivity index (χ1) is 17.2. The summed E-state index contributed by atoms with van der Waals surface area (Å²) in [7, 11) is 2.67. The summed E-state index contributed by atoms with van der Waals surface area (Å²) in [5.74, 6) is -0.436. The van der Waals surface area contributed by atoms with Crippen molar-refractivity contribution in [2.45, 2.75) is 91.3 Å². The summed E-state index contributed by atoms with van der Waals surface area (Å²) in [5.41, 5.74) is -0.718. The minimum Gasteiger partial charge on any atom is -0.468 e. The monoisotopic (exact) mass is 518 g/mol. The maximum atomic E-state index is 13.5. The second-order valence-electron chi connectivity index (χ2n) is 11.9. The van der Waals surface area contributed by atoms with E-state index in [1.807, 2.05) is 0 Å². The molecule has 0 bridgehead atoms. The van der Waals surface area contributed by atoms with Crippen LogP contribution in [0.25, 0.3) is 0 Å². The highest BCUT2D eigenvalue weighted by molar-refractivity contribution is 5.90. The first-order valence-corrected chi connectivity index (χ1v) is 13.0. The number of methoxy groups -OCH3 is 2. The molecule has 37 heavy (non-hydrogen) atoms. The van der Waals surface area contributed by atoms with Crippen LogP contribution in [0, 0.1) is 29.6 Å². The summed E-state index contributed by atoms with van der Waals surface area (Å²) in [6.45, 7) is 14.5. The zero-order chi connectivity index (χ0) is 27.8. The fourth-order valence-electron chi connectivity index (χ4n) is 7.09. The SMILES string of the molecule is C=C1CCC2C(C)(CCC(C)(C)O)C(OC=O)CCC2(C)C1Cc1c(OC)oc(C)c(C(=O)OC)c1=O. The average Bonchev–Trinajstić information content (AvgIpc) is 2.82. The molecular formula is C29H42O8. The first kappa shape index (κ1) is 29.0. The van der Waals surface area contributed by atoms with Crippen molar-refractivity contribution in [2.75, 3.05) is 14.2 Å². The smallest absolute Gasteiger partial charge is 0.345 e. The van der Waals surface area contributed by atoms with Gasteiger partial charge in [-0.25, -0.2) is 4.79 Å². The van der Waals surface area contributed by atoms with Crippen LogP contribution in [0.1, 0.15) is 87.9 Å². The van der Waals surface area contributed by atoms with Crippen molar-refractivity contribution >= 4 is 12.4 Å². The van der Waals surface area contributed by atoms with Crippen molar-refractivity contribution in [1.82, 2.24) is 0 Å². The number of rotatable bonds is 9. The predicted octanol–water partition coefficient (Wildman–Crippen LogP) is 4.77. The molecule has 0 aromatic carbocycles. The molecule has 0 saturated heterocycles. The Morgan fingerprint density at radius 2 is 1.95 bits per heavy atom. The maximum Gasteiger partial charge on any atom is 0.345 e. The zero-order valence-corrected chi connectivity index (χ0v) is 23.3. The molecule has 0 spiro atoms. The van der Waals surface area contributed by atoms with Crippen molar-refractivity contribution in [3.8, 4) is 5.95 Å². The van der Waals surface area contributed by atoms with E-state index in [2.05, 4.69) is 20.4 Å². The van der Waals surface area contributed by atoms with E-state index in [0.717, 1.165) is 24.8 Å². The van der Waals surface area contributed by atoms with Crippen LogP contribution in [-0.2, 0) is 20.7 Å². The van der Waals surface area contributed by atoms with Crippen LogP contribution in [0.3, 0.4) is 0 Å². The second kappa shape index (κ2) is 10.6. The lowest BCUT2D eigenvalue weighted by molar-refractivity contribution is -0.171. The lowest BCUT2D eigenvalue weighted by Crippen LogP contribution is -2.57. The van der Waals surface area contributed by atoms with Gasteiger partial charge in [-0.15, -0.1) is 0 Å². The van der Waals surface area contributed by atoms with Crippen LogP contribution in [0.2, 0.25) is 0 Å². The Hall–Kier alpha value is -2.61. The van der Waals surface area contributed by atoms with E-state index < -0.39 is 17.0 Å². The van der Waals surface area contributed by atoms with Crippen LogP contribution >= 0.6 is 0 Å². The second-order valence-corrected chi connectivity index (χ2v) is 11.9. The molecule has 1 heterocycles. The topological polar surface area (TPSA) is 112 Å². The number of carbonyl (C=O) groups is 2. The fourth-order valence-corrected chi connectivity index (χ4v) is 7.09. The van der Waals surface area contributed by atoms with E-state index in [4.69, 9.17) is 18.6 Å². The molecule has 8 nitrogen and oxygen atoms in total. The fraction of sp³-hybridized carbons (Fsp3) is 0.690. The van der Waals surface area contributed by atoms with Gasteiger partial charge in [-0.3, -0.25) is 9.59 Å². The highest BCUT2D eigenvalue weighted by Crippen LogP contribution is 2.63. The summed E-state index contributed by atoms with van der Waals surface area (Å²) in [6, 6.07) is 0. The van der Waals surface area contributed by atoms with E-state index in [-0.39, 0.29) is 46.0 Å². The van der Waals surface area contributed by atoms with Crippen LogP contribution in [0.4, 0.5) is 0 Å². The van der Waals surface area contributed by atoms with Gasteiger partial charge in [0.1, 0.15) is 17.4 Å². The molecule has 5 unspecified atom stereocenters. The van der Waals surface area contributed by atoms with Crippen LogP contribution < -0.4 is 10.2 Å². The Labute approximate surface area is 219 Å². The minimum atomic E-state index is -0.848. The van der Waals surface area contributed by atoms with E-state index in [1.54, 1.807) is 20.8 Å². The molecule has 3 rings (SSSR count). The molecule has 0 aliphatic heterocycles. The van der Waals surface area contributed by atoms with Gasteiger partial charge in [0.15, 0.2) is 0 Å². The van der Waals surface area contributed by atoms with Crippen molar-refractivity contribution in [3.05, 3.63) is 39.3 Å². The summed E-state index contributed by atoms with van der Waals surface area (Å²) < 4.78 is 21.7. The standard InChI is InChI=1S/C29H42O8/c1-17-9-10-21-28(5,12-11-22(36-16-30)29(21,6)14-13-27(3,4)33)20(17)15-19-24(31)23(25(32)34-7)18(2)37-26(19)35-8/h16,20-22,33H,1,9-15H2,2-8H3. The molecule has 206 valence electrons. The van der Waals surface area contributed by atoms with Crippen molar-refractivity contribution in [3.63, 3.8) is 0 Å². The highest BCUT2D eigenvalue weighted by atomic mass is 16.6. The first-order valence-electron chi connectivity index (χ1n) is 13.0. The van der Waals surface area contributed by atoms with E-state index in [9.17, 15) is 19.5 Å². The van der Waals surface area contributed by atoms with Gasteiger partial charge in [0, 0.05) is 5.41 Å². The number of fused-ring (bicyclic) bond motifs is 1. The molecule has 8 heteroatoms. The quantitative estimate of drug-likeness (QED) is 0.283. The van der Waals surface area contributed by atoms with Crippen LogP contribution in [0.15, 0.2) is 21.4 Å². The minimum absolute atomic E-state index is 0.0881. The van der Waals surface area contributed by atoms with Gasteiger partial charge < -0.3 is 23.7 Å². The normalized spacial score (nSPS) is 29.8. The summed E-state index contributed by atoms with van der Waals surface area (Å²) in [4.78, 5) is 37.3. The predicted molar refractivity (Wildman–Crippen MR) is 139 cm³/mol. The van der Waals surface area contributed by atoms with Crippen molar-refractivity contribution in [1.29, 1.82) is 0 Å². The third-order valence-electron chi connectivity index (χ3n) is 9.14. The maximum absolute atomic E-state index is 13.5. The number of aryl methyl sites for hydroxylation is 1. The van der Waals surface area contributed by atoms with Crippen molar-refractivity contribution in [2.24, 2.45) is 22.7 Å². The average molecular weight is 519 g/mol. The molecular weight excluding hydrogens is 476 g/mol. The molecule has 1 aromatic heterocycles. The number of aliphatic hydroxyl groups is 1. The Bertz CT molecular complexity index is 1100. The third-order valence-corrected chi connectivity index (χ3v) is 9.14. The van der Waals surface area contributed by atoms with Crippen molar-refractivity contribution < 1.29 is 33.3 Å². The van der Waals surface area contributed by atoms with Gasteiger partial charge in [-0.05, 0) is 83.0 Å². The Morgan fingerprint density at radius 3 is 2.51 bits per heavy atom. The molecule has 2 saturated carbocycles. The van der Waals surface area contributed by atoms with Gasteiger partial charge in [-0.2, -0.15) is 0 Å². The molecule has 0 radical (unpaired) electrons. The number of allylic oxidation sites excluding steroid dienone is 1. The molecule has 2 aliphatic carbocycles. The van der Waals surface area contributed by atoms with Crippen LogP contribution in [0.5, 0.6) is 5.95 Å². The van der Waals surface area contributed by atoms with Gasteiger partial charge in [0.25, 0.3) is 12.4 Å². The molecule has 2 aliphatic rings. The van der Waals surface area contributed by atoms with Gasteiger partial charge in [-0.1, -0.05) is 26.0 Å². The van der Waals surface area contributed by atoms with Gasteiger partial charge in [0.05, 0.1) is 25.4 Å². The lowest BCUT2D eigenvalue weighted by Gasteiger charge is -2.61. The number of ether oxygens (including phenoxy) is 3. The number of carbonyl (C=O) groups excluding carboxylic acids is 2. The van der Waals surface area contributed by atoms with Crippen LogP contribution in [-0.4, -0.2) is 43.5 Å². The molecule has 2 fully saturated rings. The lowest BCUT2D eigenvalue weighted by atomic mass is 9.45. The molecule has 5 atom stereocenters. The number of hydrogen-bond acceptors (Lipinski definition) is 8. The molecule has 1 N–H and O–H groups in total. The van der Waals surface area contributed by atoms with E-state index in [0.29, 0.717) is 37.7 Å². The Morgan fingerprint density at radius 1 is 1.27 bits per heavy atom. The summed E-state index contributed by atoms with van der Waals surface area (Å²) in [6.07, 6.45) is 4.40. The molecule has 1 aromatic rings. The molecule has 0 amide bonds. The Kier molecular flexibility index (Phi) is 8.32. The summed E-state index contributed by atoms with van der Waals surface area (Å²) >= 11 is 0. The summed E-state index contributed by atoms with van der Waals surface area (Å²) in [5, 5.41) is 10.5. The highest BCUT2D eigenvalue weighted by Gasteiger charge is 2.59. The third kappa shape index (κ3) is 5.35. The largest absolute Gasteiger partial charge is 0.468 e. The van der Waals surface area contributed by atoms with Gasteiger partial charge in [0.2, 0.25) is 5.43 Å². The zero-order valence-electron chi connectivity index (χ0n) is 23.3.